The van der Waals surface area contributed by atoms with E-state index in [2.05, 4.69) is 44.2 Å². The molecule has 2 aliphatic carbocycles. The van der Waals surface area contributed by atoms with Gasteiger partial charge in [-0.25, -0.2) is 0 Å². The Bertz CT molecular complexity index is 511. The van der Waals surface area contributed by atoms with Crippen LogP contribution >= 0.6 is 12.6 Å². The van der Waals surface area contributed by atoms with Crippen LogP contribution in [0.1, 0.15) is 45.1 Å². The lowest BCUT2D eigenvalue weighted by Crippen LogP contribution is -2.35. The largest absolute Gasteiger partial charge is 0.415 e. The van der Waals surface area contributed by atoms with E-state index < -0.39 is 0 Å². The monoisotopic (exact) mass is 275 g/mol. The molecule has 1 nitrogen and oxygen atoms in total. The molecule has 1 spiro atoms. The molecule has 4 atom stereocenters. The molecule has 1 aliphatic heterocycles. The topological polar surface area (TPSA) is 12.8 Å². The highest BCUT2D eigenvalue weighted by Crippen LogP contribution is 2.73. The fraction of sp³-hybridized carbons (Fsp3) is 0.647. The lowest BCUT2D eigenvalue weighted by atomic mass is 9.66. The first-order valence-electron chi connectivity index (χ1n) is 7.48. The molecule has 3 aliphatic rings. The zero-order valence-corrected chi connectivity index (χ0v) is 12.7. The van der Waals surface area contributed by atoms with Crippen LogP contribution in [-0.4, -0.2) is 10.8 Å². The van der Waals surface area contributed by atoms with Crippen molar-refractivity contribution in [2.75, 3.05) is 0 Å². The molecule has 4 rings (SSSR count). The Balaban J connectivity index is 1.75. The Morgan fingerprint density at radius 2 is 1.95 bits per heavy atom. The van der Waals surface area contributed by atoms with Crippen LogP contribution in [0.2, 0.25) is 0 Å². The molecule has 0 aromatic heterocycles. The van der Waals surface area contributed by atoms with E-state index in [9.17, 15) is 0 Å². The smallest absolute Gasteiger partial charge is 0.237 e. The number of aliphatic hydroxyl groups is 2. The van der Waals surface area contributed by atoms with Crippen molar-refractivity contribution in [1.82, 2.24) is 0 Å². The molecule has 1 saturated heterocycles. The normalized spacial score (nSPS) is 46.5. The Morgan fingerprint density at radius 1 is 1.21 bits per heavy atom. The molecule has 1 N–H and O–H groups in total. The molecule has 1 heterocycles. The highest BCUT2D eigenvalue weighted by Gasteiger charge is 2.74. The van der Waals surface area contributed by atoms with Gasteiger partial charge in [0.25, 0.3) is 0 Å². The Morgan fingerprint density at radius 3 is 2.58 bits per heavy atom. The SMILES string of the molecule is CC1(C)[C@@H]2CC[C@]13CC(S)(c1ccccc1)[OH+][C@@H]3C2. The molecule has 2 bridgehead atoms. The molecule has 1 aromatic rings. The first kappa shape index (κ1) is 12.3. The quantitative estimate of drug-likeness (QED) is 0.590. The molecule has 2 saturated carbocycles. The highest BCUT2D eigenvalue weighted by atomic mass is 32.1. The molecule has 102 valence electrons. The zero-order chi connectivity index (χ0) is 13.3. The number of benzene rings is 1. The third-order valence-corrected chi connectivity index (χ3v) is 7.09. The van der Waals surface area contributed by atoms with E-state index in [0.29, 0.717) is 16.9 Å². The predicted molar refractivity (Wildman–Crippen MR) is 81.3 cm³/mol. The molecule has 19 heavy (non-hydrogen) atoms. The highest BCUT2D eigenvalue weighted by molar-refractivity contribution is 7.81. The Labute approximate surface area is 121 Å². The van der Waals surface area contributed by atoms with Gasteiger partial charge in [-0.1, -0.05) is 44.7 Å². The first-order chi connectivity index (χ1) is 8.98. The average molecular weight is 275 g/mol. The van der Waals surface area contributed by atoms with Gasteiger partial charge in [0.2, 0.25) is 4.93 Å². The van der Waals surface area contributed by atoms with E-state index in [1.807, 2.05) is 0 Å². The predicted octanol–water partition coefficient (Wildman–Crippen LogP) is 3.90. The summed E-state index contributed by atoms with van der Waals surface area (Å²) in [6.07, 6.45) is 5.72. The van der Waals surface area contributed by atoms with Crippen LogP contribution in [0, 0.1) is 16.7 Å². The summed E-state index contributed by atoms with van der Waals surface area (Å²) in [5.74, 6) is 0.884. The first-order valence-corrected chi connectivity index (χ1v) is 7.93. The summed E-state index contributed by atoms with van der Waals surface area (Å²) in [5.41, 5.74) is 2.14. The standard InChI is InChI=1S/C17H22OS/c1-15(2)13-8-9-16(15)11-17(19,18-14(16)10-13)12-6-4-3-5-7-12/h3-7,13-14,19H,8-11H2,1-2H3/p+1/t13-,14-,16-,17?/m1/s1. The number of hydrogen-bond acceptors (Lipinski definition) is 1. The van der Waals surface area contributed by atoms with E-state index >= 15 is 0 Å². The van der Waals surface area contributed by atoms with Crippen molar-refractivity contribution >= 4 is 12.6 Å². The number of ether oxygens (including phenoxy) is 1. The Kier molecular flexibility index (Phi) is 2.32. The third kappa shape index (κ3) is 1.37. The van der Waals surface area contributed by atoms with Crippen molar-refractivity contribution in [2.45, 2.75) is 50.6 Å². The van der Waals surface area contributed by atoms with Crippen LogP contribution in [0.4, 0.5) is 0 Å². The van der Waals surface area contributed by atoms with Crippen LogP contribution in [0.3, 0.4) is 0 Å². The van der Waals surface area contributed by atoms with Crippen molar-refractivity contribution in [2.24, 2.45) is 16.7 Å². The van der Waals surface area contributed by atoms with Gasteiger partial charge < -0.3 is 4.74 Å². The van der Waals surface area contributed by atoms with Crippen LogP contribution in [-0.2, 0) is 4.93 Å². The maximum atomic E-state index is 5.19. The van der Waals surface area contributed by atoms with Gasteiger partial charge in [0, 0.05) is 12.0 Å². The number of hydrogen-bond donors (Lipinski definition) is 1. The Hall–Kier alpha value is -0.470. The minimum absolute atomic E-state index is 0.251. The number of rotatable bonds is 1. The van der Waals surface area contributed by atoms with Crippen molar-refractivity contribution in [3.8, 4) is 0 Å². The molecule has 2 heteroatoms. The molecular weight excluding hydrogens is 252 g/mol. The van der Waals surface area contributed by atoms with E-state index in [0.717, 1.165) is 12.3 Å². The molecule has 1 unspecified atom stereocenters. The van der Waals surface area contributed by atoms with E-state index in [-0.39, 0.29) is 4.93 Å². The summed E-state index contributed by atoms with van der Waals surface area (Å²) in [4.78, 5) is -0.251. The van der Waals surface area contributed by atoms with E-state index in [1.165, 1.54) is 24.8 Å². The van der Waals surface area contributed by atoms with Gasteiger partial charge in [0.1, 0.15) is 0 Å². The van der Waals surface area contributed by atoms with Gasteiger partial charge in [0.15, 0.2) is 6.10 Å². The van der Waals surface area contributed by atoms with Gasteiger partial charge in [-0.2, -0.15) is 0 Å². The van der Waals surface area contributed by atoms with Crippen molar-refractivity contribution in [3.63, 3.8) is 0 Å². The van der Waals surface area contributed by atoms with Crippen molar-refractivity contribution in [3.05, 3.63) is 35.9 Å². The lowest BCUT2D eigenvalue weighted by Gasteiger charge is -2.34. The second-order valence-electron chi connectivity index (χ2n) is 7.35. The minimum atomic E-state index is -0.251. The minimum Gasteiger partial charge on any atom is -0.415 e. The lowest BCUT2D eigenvalue weighted by molar-refractivity contribution is -0.155. The fourth-order valence-corrected chi connectivity index (χ4v) is 5.83. The average Bonchev–Trinajstić information content (AvgIpc) is 2.91. The van der Waals surface area contributed by atoms with Crippen molar-refractivity contribution in [1.29, 1.82) is 0 Å². The summed E-state index contributed by atoms with van der Waals surface area (Å²) in [5, 5.41) is 0. The van der Waals surface area contributed by atoms with Gasteiger partial charge in [-0.15, -0.1) is 0 Å². The fourth-order valence-electron chi connectivity index (χ4n) is 5.26. The van der Waals surface area contributed by atoms with Crippen LogP contribution in [0.5, 0.6) is 0 Å². The van der Waals surface area contributed by atoms with Crippen molar-refractivity contribution < 1.29 is 4.74 Å². The van der Waals surface area contributed by atoms with Crippen LogP contribution in [0.15, 0.2) is 30.3 Å². The summed E-state index contributed by atoms with van der Waals surface area (Å²) in [6.45, 7) is 4.95. The van der Waals surface area contributed by atoms with E-state index in [4.69, 9.17) is 17.4 Å². The molecule has 1 aromatic carbocycles. The summed E-state index contributed by atoms with van der Waals surface area (Å²) < 4.78 is 5.19. The molecule has 0 amide bonds. The maximum Gasteiger partial charge on any atom is 0.237 e. The summed E-state index contributed by atoms with van der Waals surface area (Å²) in [6, 6.07) is 10.7. The van der Waals surface area contributed by atoms with E-state index in [1.54, 1.807) is 0 Å². The molecule has 3 fully saturated rings. The zero-order valence-electron chi connectivity index (χ0n) is 11.8. The number of thiol groups is 1. The third-order valence-electron chi connectivity index (χ3n) is 6.56. The maximum absolute atomic E-state index is 5.19. The molecular formula is C17H23OS+. The second-order valence-corrected chi connectivity index (χ2v) is 8.09. The summed E-state index contributed by atoms with van der Waals surface area (Å²) >= 11 is 5.01. The molecule has 0 radical (unpaired) electrons. The number of fused-ring (bicyclic) bond motifs is 1. The van der Waals surface area contributed by atoms with Gasteiger partial charge >= 0.3 is 0 Å². The van der Waals surface area contributed by atoms with Gasteiger partial charge in [0.05, 0.1) is 11.8 Å². The van der Waals surface area contributed by atoms with Gasteiger partial charge in [-0.05, 0) is 36.3 Å². The second kappa shape index (κ2) is 3.59. The van der Waals surface area contributed by atoms with Crippen LogP contribution < -0.4 is 0 Å². The van der Waals surface area contributed by atoms with Crippen LogP contribution in [0.25, 0.3) is 0 Å². The van der Waals surface area contributed by atoms with Gasteiger partial charge in [-0.3, -0.25) is 0 Å². The summed E-state index contributed by atoms with van der Waals surface area (Å²) in [7, 11) is 0.